The number of hydrogen-bond acceptors (Lipinski definition) is 6. The van der Waals surface area contributed by atoms with Crippen molar-refractivity contribution in [1.29, 1.82) is 0 Å². The van der Waals surface area contributed by atoms with Crippen LogP contribution in [0.2, 0.25) is 0 Å². The fourth-order valence-corrected chi connectivity index (χ4v) is 5.98. The maximum atomic E-state index is 13.2. The number of carbonyl (C=O) groups is 1. The van der Waals surface area contributed by atoms with Gasteiger partial charge >= 0.3 is 0 Å². The van der Waals surface area contributed by atoms with Crippen molar-refractivity contribution in [2.24, 2.45) is 0 Å². The number of methoxy groups -OCH3 is 1. The van der Waals surface area contributed by atoms with Gasteiger partial charge < -0.3 is 14.8 Å². The van der Waals surface area contributed by atoms with Crippen LogP contribution in [-0.4, -0.2) is 47.7 Å². The molecule has 2 aromatic carbocycles. The highest BCUT2D eigenvalue weighted by Gasteiger charge is 2.23. The molecule has 0 unspecified atom stereocenters. The lowest BCUT2D eigenvalue weighted by atomic mass is 10.2. The van der Waals surface area contributed by atoms with Crippen molar-refractivity contribution >= 4 is 43.0 Å². The van der Waals surface area contributed by atoms with E-state index in [2.05, 4.69) is 5.32 Å². The van der Waals surface area contributed by atoms with Gasteiger partial charge in [0.15, 0.2) is 0 Å². The Hall–Kier alpha value is -2.62. The van der Waals surface area contributed by atoms with E-state index in [1.165, 1.54) is 28.8 Å². The molecule has 1 aliphatic rings. The topological polar surface area (TPSA) is 84.9 Å². The van der Waals surface area contributed by atoms with Gasteiger partial charge in [0.2, 0.25) is 0 Å². The third kappa shape index (κ3) is 4.46. The zero-order chi connectivity index (χ0) is 22.9. The lowest BCUT2D eigenvalue weighted by molar-refractivity contribution is 0.0861. The molecule has 1 N–H and O–H groups in total. The minimum Gasteiger partial charge on any atom is -0.496 e. The van der Waals surface area contributed by atoms with E-state index < -0.39 is 10.0 Å². The Labute approximate surface area is 192 Å². The van der Waals surface area contributed by atoms with E-state index >= 15 is 0 Å². The third-order valence-corrected chi connectivity index (χ3v) is 8.52. The summed E-state index contributed by atoms with van der Waals surface area (Å²) in [6.07, 6.45) is 2.07. The van der Waals surface area contributed by atoms with Crippen molar-refractivity contribution in [3.63, 3.8) is 0 Å². The zero-order valence-corrected chi connectivity index (χ0v) is 19.9. The molecule has 9 heteroatoms. The van der Waals surface area contributed by atoms with Crippen molar-refractivity contribution in [1.82, 2.24) is 5.32 Å². The summed E-state index contributed by atoms with van der Waals surface area (Å²) in [6, 6.07) is 12.0. The molecular formula is C23H26N2O5S2. The largest absolute Gasteiger partial charge is 0.496 e. The van der Waals surface area contributed by atoms with Crippen LogP contribution in [0.3, 0.4) is 0 Å². The smallest absolute Gasteiger partial charge is 0.264 e. The quantitative estimate of drug-likeness (QED) is 0.560. The van der Waals surface area contributed by atoms with Crippen LogP contribution in [0, 0.1) is 6.92 Å². The number of ether oxygens (including phenoxy) is 2. The molecule has 170 valence electrons. The molecule has 2 heterocycles. The number of sulfonamides is 1. The normalized spacial score (nSPS) is 16.3. The summed E-state index contributed by atoms with van der Waals surface area (Å²) in [5.74, 6) is 0.495. The number of amides is 1. The summed E-state index contributed by atoms with van der Waals surface area (Å²) in [7, 11) is -0.671. The minimum atomic E-state index is -3.75. The number of thiophene rings is 1. The van der Waals surface area contributed by atoms with Crippen LogP contribution in [0.25, 0.3) is 10.1 Å². The second-order valence-corrected chi connectivity index (χ2v) is 10.8. The van der Waals surface area contributed by atoms with Gasteiger partial charge in [-0.15, -0.1) is 11.3 Å². The molecule has 1 aromatic heterocycles. The van der Waals surface area contributed by atoms with Crippen LogP contribution in [-0.2, 0) is 14.8 Å². The standard InChI is InChI=1S/C23H26N2O5S2/c1-15-11-19(7-8-20(15)29-3)32(27,28)25(2)17-6-9-21-16(12-17)13-22(31-21)23(26)24-14-18-5-4-10-30-18/h6-9,11-13,18H,4-5,10,14H2,1-3H3,(H,24,26)/t18-/m1/s1. The predicted octanol–water partition coefficient (Wildman–Crippen LogP) is 3.95. The van der Waals surface area contributed by atoms with Crippen LogP contribution >= 0.6 is 11.3 Å². The van der Waals surface area contributed by atoms with Crippen molar-refractivity contribution < 1.29 is 22.7 Å². The van der Waals surface area contributed by atoms with Crippen LogP contribution in [0.15, 0.2) is 47.4 Å². The van der Waals surface area contributed by atoms with Crippen LogP contribution in [0.1, 0.15) is 28.1 Å². The summed E-state index contributed by atoms with van der Waals surface area (Å²) in [5.41, 5.74) is 1.27. The Morgan fingerprint density at radius 3 is 2.75 bits per heavy atom. The number of anilines is 1. The molecule has 7 nitrogen and oxygen atoms in total. The molecule has 0 aliphatic carbocycles. The summed E-state index contributed by atoms with van der Waals surface area (Å²) in [5, 5.41) is 3.75. The van der Waals surface area contributed by atoms with Gasteiger partial charge in [-0.2, -0.15) is 0 Å². The number of hydrogen-bond donors (Lipinski definition) is 1. The SMILES string of the molecule is COc1ccc(S(=O)(=O)N(C)c2ccc3sc(C(=O)NC[C@H]4CCCO4)cc3c2)cc1C. The molecule has 0 radical (unpaired) electrons. The third-order valence-electron chi connectivity index (χ3n) is 5.63. The molecule has 1 aliphatic heterocycles. The maximum absolute atomic E-state index is 13.2. The second-order valence-electron chi connectivity index (χ2n) is 7.78. The molecule has 0 saturated carbocycles. The lowest BCUT2D eigenvalue weighted by Gasteiger charge is -2.20. The Bertz CT molecular complexity index is 1250. The van der Waals surface area contributed by atoms with E-state index in [0.717, 1.165) is 35.1 Å². The molecule has 32 heavy (non-hydrogen) atoms. The highest BCUT2D eigenvalue weighted by atomic mass is 32.2. The molecule has 1 saturated heterocycles. The average molecular weight is 475 g/mol. The minimum absolute atomic E-state index is 0.0837. The van der Waals surface area contributed by atoms with Gasteiger partial charge in [-0.3, -0.25) is 9.10 Å². The van der Waals surface area contributed by atoms with Gasteiger partial charge in [0.1, 0.15) is 5.75 Å². The predicted molar refractivity (Wildman–Crippen MR) is 126 cm³/mol. The van der Waals surface area contributed by atoms with E-state index in [-0.39, 0.29) is 16.9 Å². The highest BCUT2D eigenvalue weighted by Crippen LogP contribution is 2.32. The fourth-order valence-electron chi connectivity index (χ4n) is 3.75. The maximum Gasteiger partial charge on any atom is 0.264 e. The number of fused-ring (bicyclic) bond motifs is 1. The fraction of sp³-hybridized carbons (Fsp3) is 0.348. The van der Waals surface area contributed by atoms with Crippen LogP contribution < -0.4 is 14.4 Å². The van der Waals surface area contributed by atoms with E-state index in [1.807, 2.05) is 6.07 Å². The molecular weight excluding hydrogens is 448 g/mol. The van der Waals surface area contributed by atoms with Gasteiger partial charge in [-0.1, -0.05) is 0 Å². The molecule has 0 spiro atoms. The van der Waals surface area contributed by atoms with Crippen LogP contribution in [0.5, 0.6) is 5.75 Å². The van der Waals surface area contributed by atoms with Crippen molar-refractivity contribution in [2.75, 3.05) is 31.6 Å². The number of aryl methyl sites for hydroxylation is 1. The van der Waals surface area contributed by atoms with Gasteiger partial charge in [-0.05, 0) is 73.2 Å². The number of carbonyl (C=O) groups excluding carboxylic acids is 1. The Balaban J connectivity index is 1.55. The summed E-state index contributed by atoms with van der Waals surface area (Å²) < 4.78 is 39.3. The van der Waals surface area contributed by atoms with E-state index in [9.17, 15) is 13.2 Å². The first-order chi connectivity index (χ1) is 15.3. The molecule has 1 amide bonds. The first-order valence-corrected chi connectivity index (χ1v) is 12.6. The molecule has 3 aromatic rings. The monoisotopic (exact) mass is 474 g/mol. The van der Waals surface area contributed by atoms with Crippen molar-refractivity contribution in [3.8, 4) is 5.75 Å². The highest BCUT2D eigenvalue weighted by molar-refractivity contribution is 7.92. The Morgan fingerprint density at radius 2 is 2.06 bits per heavy atom. The molecule has 4 rings (SSSR count). The number of nitrogens with zero attached hydrogens (tertiary/aromatic N) is 1. The Kier molecular flexibility index (Phi) is 6.41. The first-order valence-electron chi connectivity index (χ1n) is 10.4. The summed E-state index contributed by atoms with van der Waals surface area (Å²) in [4.78, 5) is 13.3. The van der Waals surface area contributed by atoms with Gasteiger partial charge in [0.25, 0.3) is 15.9 Å². The molecule has 1 atom stereocenters. The van der Waals surface area contributed by atoms with Crippen LogP contribution in [0.4, 0.5) is 5.69 Å². The Morgan fingerprint density at radius 1 is 1.25 bits per heavy atom. The van der Waals surface area contributed by atoms with Crippen molar-refractivity contribution in [3.05, 3.63) is 52.9 Å². The van der Waals surface area contributed by atoms with E-state index in [0.29, 0.717) is 22.9 Å². The van der Waals surface area contributed by atoms with Gasteiger partial charge in [-0.25, -0.2) is 8.42 Å². The average Bonchev–Trinajstić information content (AvgIpc) is 3.46. The summed E-state index contributed by atoms with van der Waals surface area (Å²) >= 11 is 1.38. The van der Waals surface area contributed by atoms with Crippen molar-refractivity contribution in [2.45, 2.75) is 30.8 Å². The lowest BCUT2D eigenvalue weighted by Crippen LogP contribution is -2.31. The number of benzene rings is 2. The van der Waals surface area contributed by atoms with E-state index in [4.69, 9.17) is 9.47 Å². The van der Waals surface area contributed by atoms with E-state index in [1.54, 1.807) is 44.4 Å². The van der Waals surface area contributed by atoms with Gasteiger partial charge in [0.05, 0.1) is 28.7 Å². The first kappa shape index (κ1) is 22.6. The molecule has 0 bridgehead atoms. The number of nitrogens with one attached hydrogen (secondary N) is 1. The number of rotatable bonds is 7. The second kappa shape index (κ2) is 9.09. The van der Waals surface area contributed by atoms with Gasteiger partial charge in [0, 0.05) is 24.9 Å². The zero-order valence-electron chi connectivity index (χ0n) is 18.3. The summed E-state index contributed by atoms with van der Waals surface area (Å²) in [6.45, 7) is 3.06. The molecule has 1 fully saturated rings.